The monoisotopic (exact) mass is 345 g/mol. The van der Waals surface area contributed by atoms with E-state index in [0.29, 0.717) is 5.69 Å². The number of hydrogen-bond donors (Lipinski definition) is 1. The molecule has 0 unspecified atom stereocenters. The van der Waals surface area contributed by atoms with Gasteiger partial charge in [0.05, 0.1) is 4.90 Å². The molecule has 0 atom stereocenters. The highest BCUT2D eigenvalue weighted by molar-refractivity contribution is 7.92. The predicted octanol–water partition coefficient (Wildman–Crippen LogP) is 4.43. The van der Waals surface area contributed by atoms with Crippen LogP contribution in [0, 0.1) is 11.6 Å². The van der Waals surface area contributed by atoms with Gasteiger partial charge < -0.3 is 0 Å². The summed E-state index contributed by atoms with van der Waals surface area (Å²) >= 11 is 0. The van der Waals surface area contributed by atoms with Crippen LogP contribution < -0.4 is 4.72 Å². The Bertz CT molecular complexity index is 953. The quantitative estimate of drug-likeness (QED) is 0.760. The Morgan fingerprint density at radius 1 is 0.708 bits per heavy atom. The van der Waals surface area contributed by atoms with E-state index >= 15 is 0 Å². The summed E-state index contributed by atoms with van der Waals surface area (Å²) in [6.45, 7) is 0. The summed E-state index contributed by atoms with van der Waals surface area (Å²) in [5, 5.41) is 0. The van der Waals surface area contributed by atoms with Crippen LogP contribution in [0.2, 0.25) is 0 Å². The largest absolute Gasteiger partial charge is 0.280 e. The maximum Gasteiger partial charge on any atom is 0.261 e. The van der Waals surface area contributed by atoms with Crippen LogP contribution in [0.3, 0.4) is 0 Å². The van der Waals surface area contributed by atoms with E-state index in [2.05, 4.69) is 4.72 Å². The summed E-state index contributed by atoms with van der Waals surface area (Å²) in [5.74, 6) is -0.848. The highest BCUT2D eigenvalue weighted by Crippen LogP contribution is 2.24. The maximum absolute atomic E-state index is 13.0. The Labute approximate surface area is 138 Å². The van der Waals surface area contributed by atoms with Crippen LogP contribution >= 0.6 is 0 Å². The number of nitrogens with one attached hydrogen (secondary N) is 1. The van der Waals surface area contributed by atoms with Crippen molar-refractivity contribution in [1.29, 1.82) is 0 Å². The van der Waals surface area contributed by atoms with Gasteiger partial charge in [-0.2, -0.15) is 0 Å². The fraction of sp³-hybridized carbons (Fsp3) is 0. The summed E-state index contributed by atoms with van der Waals surface area (Å²) in [4.78, 5) is -0.0314. The number of anilines is 1. The molecule has 3 aromatic carbocycles. The zero-order valence-electron chi connectivity index (χ0n) is 12.4. The second-order valence-electron chi connectivity index (χ2n) is 5.15. The van der Waals surface area contributed by atoms with Gasteiger partial charge in [-0.25, -0.2) is 17.2 Å². The minimum absolute atomic E-state index is 0.0314. The van der Waals surface area contributed by atoms with Gasteiger partial charge in [0, 0.05) is 5.69 Å². The zero-order valence-corrected chi connectivity index (χ0v) is 13.2. The van der Waals surface area contributed by atoms with Crippen LogP contribution in [0.1, 0.15) is 0 Å². The average molecular weight is 345 g/mol. The third-order valence-electron chi connectivity index (χ3n) is 3.42. The molecule has 24 heavy (non-hydrogen) atoms. The molecule has 3 rings (SSSR count). The van der Waals surface area contributed by atoms with E-state index in [0.717, 1.165) is 23.3 Å². The van der Waals surface area contributed by atoms with Crippen molar-refractivity contribution < 1.29 is 17.2 Å². The molecule has 122 valence electrons. The Morgan fingerprint density at radius 2 is 1.29 bits per heavy atom. The lowest BCUT2D eigenvalue weighted by molar-refractivity contribution is 0.599. The number of benzene rings is 3. The lowest BCUT2D eigenvalue weighted by Crippen LogP contribution is -2.12. The normalized spacial score (nSPS) is 11.2. The van der Waals surface area contributed by atoms with E-state index in [1.807, 2.05) is 0 Å². The maximum atomic E-state index is 13.0. The van der Waals surface area contributed by atoms with Crippen molar-refractivity contribution in [2.24, 2.45) is 0 Å². The number of halogens is 2. The van der Waals surface area contributed by atoms with Crippen molar-refractivity contribution in [1.82, 2.24) is 0 Å². The highest BCUT2D eigenvalue weighted by atomic mass is 32.2. The molecule has 0 amide bonds. The van der Waals surface area contributed by atoms with Crippen molar-refractivity contribution >= 4 is 15.7 Å². The van der Waals surface area contributed by atoms with Crippen LogP contribution in [0.15, 0.2) is 77.7 Å². The molecular weight excluding hydrogens is 332 g/mol. The topological polar surface area (TPSA) is 46.2 Å². The van der Waals surface area contributed by atoms with Crippen LogP contribution in [0.4, 0.5) is 14.5 Å². The minimum atomic E-state index is -3.81. The van der Waals surface area contributed by atoms with Gasteiger partial charge in [0.1, 0.15) is 11.6 Å². The third-order valence-corrected chi connectivity index (χ3v) is 4.81. The average Bonchev–Trinajstić information content (AvgIpc) is 2.56. The molecule has 0 bridgehead atoms. The molecule has 0 heterocycles. The van der Waals surface area contributed by atoms with E-state index in [1.54, 1.807) is 36.4 Å². The smallest absolute Gasteiger partial charge is 0.261 e. The minimum Gasteiger partial charge on any atom is -0.280 e. The van der Waals surface area contributed by atoms with E-state index < -0.39 is 15.8 Å². The first-order valence-electron chi connectivity index (χ1n) is 7.08. The lowest BCUT2D eigenvalue weighted by atomic mass is 10.1. The summed E-state index contributed by atoms with van der Waals surface area (Å²) in [6.07, 6.45) is 0. The summed E-state index contributed by atoms with van der Waals surface area (Å²) in [7, 11) is -3.81. The lowest BCUT2D eigenvalue weighted by Gasteiger charge is -2.10. The summed E-state index contributed by atoms with van der Waals surface area (Å²) in [6, 6.07) is 17.2. The molecule has 3 nitrogen and oxygen atoms in total. The van der Waals surface area contributed by atoms with Gasteiger partial charge in [0.25, 0.3) is 10.0 Å². The number of sulfonamides is 1. The fourth-order valence-electron chi connectivity index (χ4n) is 2.23. The second kappa shape index (κ2) is 6.41. The van der Waals surface area contributed by atoms with E-state index in [-0.39, 0.29) is 10.7 Å². The molecule has 3 aromatic rings. The van der Waals surface area contributed by atoms with E-state index in [9.17, 15) is 17.2 Å². The van der Waals surface area contributed by atoms with Crippen LogP contribution in [0.5, 0.6) is 0 Å². The SMILES string of the molecule is O=S(=O)(Nc1cccc(-c2ccc(F)cc2)c1)c1ccc(F)cc1. The van der Waals surface area contributed by atoms with Crippen LogP contribution in [-0.2, 0) is 10.0 Å². The molecule has 0 aromatic heterocycles. The van der Waals surface area contributed by atoms with Crippen molar-refractivity contribution in [3.8, 4) is 11.1 Å². The molecule has 1 N–H and O–H groups in total. The molecule has 0 radical (unpaired) electrons. The van der Waals surface area contributed by atoms with Crippen molar-refractivity contribution in [3.05, 3.63) is 84.4 Å². The first kappa shape index (κ1) is 16.1. The van der Waals surface area contributed by atoms with Gasteiger partial charge in [-0.3, -0.25) is 4.72 Å². The summed E-state index contributed by atoms with van der Waals surface area (Å²) < 4.78 is 53.0. The molecule has 0 aliphatic heterocycles. The molecular formula is C18H13F2NO2S. The second-order valence-corrected chi connectivity index (χ2v) is 6.83. The van der Waals surface area contributed by atoms with Gasteiger partial charge in [0.15, 0.2) is 0 Å². The zero-order chi connectivity index (χ0) is 17.2. The predicted molar refractivity (Wildman–Crippen MR) is 89.0 cm³/mol. The molecule has 6 heteroatoms. The Hall–Kier alpha value is -2.73. The molecule has 0 saturated heterocycles. The molecule has 0 saturated carbocycles. The fourth-order valence-corrected chi connectivity index (χ4v) is 3.28. The third kappa shape index (κ3) is 3.60. The van der Waals surface area contributed by atoms with Crippen LogP contribution in [-0.4, -0.2) is 8.42 Å². The molecule has 0 aliphatic rings. The highest BCUT2D eigenvalue weighted by Gasteiger charge is 2.14. The van der Waals surface area contributed by atoms with E-state index in [1.165, 1.54) is 24.3 Å². The van der Waals surface area contributed by atoms with E-state index in [4.69, 9.17) is 0 Å². The standard InChI is InChI=1S/C18H13F2NO2S/c19-15-6-4-13(5-7-15)14-2-1-3-17(12-14)21-24(22,23)18-10-8-16(20)9-11-18/h1-12,21H. The molecule has 0 fully saturated rings. The van der Waals surface area contributed by atoms with Crippen LogP contribution in [0.25, 0.3) is 11.1 Å². The number of hydrogen-bond acceptors (Lipinski definition) is 2. The Morgan fingerprint density at radius 3 is 1.92 bits per heavy atom. The van der Waals surface area contributed by atoms with Gasteiger partial charge in [-0.05, 0) is 59.7 Å². The number of rotatable bonds is 4. The van der Waals surface area contributed by atoms with Gasteiger partial charge in [-0.15, -0.1) is 0 Å². The Kier molecular flexibility index (Phi) is 4.31. The van der Waals surface area contributed by atoms with Crippen molar-refractivity contribution in [2.45, 2.75) is 4.90 Å². The first-order valence-corrected chi connectivity index (χ1v) is 8.57. The molecule has 0 spiro atoms. The Balaban J connectivity index is 1.89. The van der Waals surface area contributed by atoms with Gasteiger partial charge in [-0.1, -0.05) is 24.3 Å². The molecule has 0 aliphatic carbocycles. The van der Waals surface area contributed by atoms with Gasteiger partial charge >= 0.3 is 0 Å². The summed E-state index contributed by atoms with van der Waals surface area (Å²) in [5.41, 5.74) is 1.87. The van der Waals surface area contributed by atoms with Gasteiger partial charge in [0.2, 0.25) is 0 Å². The van der Waals surface area contributed by atoms with Crippen molar-refractivity contribution in [3.63, 3.8) is 0 Å². The van der Waals surface area contributed by atoms with Crippen molar-refractivity contribution in [2.75, 3.05) is 4.72 Å². The first-order chi connectivity index (χ1) is 11.4.